The van der Waals surface area contributed by atoms with E-state index in [0.29, 0.717) is 10.6 Å². The number of hydrogen-bond donors (Lipinski definition) is 2. The van der Waals surface area contributed by atoms with Crippen molar-refractivity contribution in [1.82, 2.24) is 0 Å². The Labute approximate surface area is 140 Å². The summed E-state index contributed by atoms with van der Waals surface area (Å²) in [5.41, 5.74) is 0.464. The molecule has 7 heteroatoms. The number of hydrogen-bond acceptors (Lipinski definition) is 4. The lowest BCUT2D eigenvalue weighted by Gasteiger charge is -2.05. The fourth-order valence-corrected chi connectivity index (χ4v) is 2.68. The summed E-state index contributed by atoms with van der Waals surface area (Å²) in [4.78, 5) is 12.3. The van der Waals surface area contributed by atoms with Gasteiger partial charge in [0.25, 0.3) is 0 Å². The Bertz CT molecular complexity index is 843. The number of rotatable bonds is 1. The highest BCUT2D eigenvalue weighted by atomic mass is 35.5. The van der Waals surface area contributed by atoms with Crippen molar-refractivity contribution in [2.75, 3.05) is 0 Å². The van der Waals surface area contributed by atoms with Crippen molar-refractivity contribution in [2.45, 2.75) is 0 Å². The Morgan fingerprint density at radius 2 is 1.68 bits per heavy atom. The number of ether oxygens (including phenoxy) is 1. The second-order valence-electron chi connectivity index (χ2n) is 4.51. The van der Waals surface area contributed by atoms with E-state index in [1.165, 1.54) is 30.3 Å². The highest BCUT2D eigenvalue weighted by molar-refractivity contribution is 6.44. The van der Waals surface area contributed by atoms with Crippen LogP contribution in [0.4, 0.5) is 0 Å². The van der Waals surface area contributed by atoms with Gasteiger partial charge in [-0.2, -0.15) is 0 Å². The highest BCUT2D eigenvalue weighted by Gasteiger charge is 2.31. The first-order valence-electron chi connectivity index (χ1n) is 6.03. The molecule has 0 atom stereocenters. The van der Waals surface area contributed by atoms with Crippen LogP contribution in [-0.4, -0.2) is 16.0 Å². The van der Waals surface area contributed by atoms with E-state index in [2.05, 4.69) is 0 Å². The Balaban J connectivity index is 2.11. The molecule has 22 heavy (non-hydrogen) atoms. The van der Waals surface area contributed by atoms with Crippen molar-refractivity contribution in [1.29, 1.82) is 0 Å². The van der Waals surface area contributed by atoms with Gasteiger partial charge in [0.1, 0.15) is 0 Å². The van der Waals surface area contributed by atoms with Gasteiger partial charge >= 0.3 is 0 Å². The van der Waals surface area contributed by atoms with Crippen LogP contribution in [-0.2, 0) is 0 Å². The number of carbonyl (C=O) groups excluding carboxylic acids is 1. The SMILES string of the molecule is O=C1C(=Cc2c(Cl)ccc(Cl)c2Cl)Oc2c1ccc(O)c2O. The number of carbonyl (C=O) groups is 1. The van der Waals surface area contributed by atoms with Crippen LogP contribution in [0.3, 0.4) is 0 Å². The van der Waals surface area contributed by atoms with Crippen LogP contribution < -0.4 is 4.74 Å². The number of fused-ring (bicyclic) bond motifs is 1. The number of aromatic hydroxyl groups is 2. The van der Waals surface area contributed by atoms with Crippen LogP contribution in [0.25, 0.3) is 6.08 Å². The third kappa shape index (κ3) is 2.29. The van der Waals surface area contributed by atoms with E-state index in [9.17, 15) is 15.0 Å². The molecule has 1 heterocycles. The van der Waals surface area contributed by atoms with Crippen LogP contribution in [0.2, 0.25) is 15.1 Å². The molecule has 0 spiro atoms. The van der Waals surface area contributed by atoms with E-state index < -0.39 is 11.5 Å². The largest absolute Gasteiger partial charge is 0.504 e. The zero-order valence-corrected chi connectivity index (χ0v) is 13.0. The third-order valence-corrected chi connectivity index (χ3v) is 4.29. The van der Waals surface area contributed by atoms with Crippen LogP contribution >= 0.6 is 34.8 Å². The summed E-state index contributed by atoms with van der Waals surface area (Å²) < 4.78 is 5.33. The standard InChI is InChI=1S/C15H7Cl3O4/c16-8-2-3-9(17)12(18)7(8)5-11-13(20)6-1-4-10(19)14(21)15(6)22-11/h1-5,19,21H. The van der Waals surface area contributed by atoms with E-state index >= 15 is 0 Å². The fraction of sp³-hybridized carbons (Fsp3) is 0. The first-order chi connectivity index (χ1) is 10.4. The molecule has 0 saturated heterocycles. The summed E-state index contributed by atoms with van der Waals surface area (Å²) in [7, 11) is 0. The summed E-state index contributed by atoms with van der Waals surface area (Å²) in [6.07, 6.45) is 1.34. The van der Waals surface area contributed by atoms with E-state index in [-0.39, 0.29) is 32.9 Å². The number of phenolic OH excluding ortho intramolecular Hbond substituents is 2. The van der Waals surface area contributed by atoms with Gasteiger partial charge < -0.3 is 14.9 Å². The predicted octanol–water partition coefficient (Wildman–Crippen LogP) is 4.67. The maximum absolute atomic E-state index is 12.3. The normalized spacial score (nSPS) is 15.0. The monoisotopic (exact) mass is 356 g/mol. The zero-order valence-electron chi connectivity index (χ0n) is 10.7. The molecule has 1 aliphatic heterocycles. The lowest BCUT2D eigenvalue weighted by atomic mass is 10.1. The number of benzene rings is 2. The summed E-state index contributed by atoms with van der Waals surface area (Å²) >= 11 is 18.1. The molecule has 0 saturated carbocycles. The smallest absolute Gasteiger partial charge is 0.232 e. The Kier molecular flexibility index (Phi) is 3.68. The molecule has 2 N–H and O–H groups in total. The van der Waals surface area contributed by atoms with Gasteiger partial charge in [-0.25, -0.2) is 0 Å². The molecule has 2 aromatic carbocycles. The number of allylic oxidation sites excluding steroid dienone is 1. The van der Waals surface area contributed by atoms with Gasteiger partial charge in [-0.15, -0.1) is 0 Å². The molecule has 0 radical (unpaired) electrons. The van der Waals surface area contributed by atoms with Crippen molar-refractivity contribution in [3.8, 4) is 17.2 Å². The topological polar surface area (TPSA) is 66.8 Å². The second kappa shape index (κ2) is 5.39. The minimum absolute atomic E-state index is 0.0815. The minimum atomic E-state index is -0.502. The first-order valence-corrected chi connectivity index (χ1v) is 7.16. The van der Waals surface area contributed by atoms with Gasteiger partial charge in [-0.3, -0.25) is 4.79 Å². The van der Waals surface area contributed by atoms with Crippen molar-refractivity contribution in [2.24, 2.45) is 0 Å². The number of ketones is 1. The molecule has 4 nitrogen and oxygen atoms in total. The second-order valence-corrected chi connectivity index (χ2v) is 5.70. The average molecular weight is 358 g/mol. The van der Waals surface area contributed by atoms with E-state index in [4.69, 9.17) is 39.5 Å². The van der Waals surface area contributed by atoms with Gasteiger partial charge in [0.05, 0.1) is 15.6 Å². The lowest BCUT2D eigenvalue weighted by Crippen LogP contribution is -1.98. The molecule has 0 aromatic heterocycles. The van der Waals surface area contributed by atoms with Crippen molar-refractivity contribution in [3.63, 3.8) is 0 Å². The number of Topliss-reactive ketones (excluding diaryl/α,β-unsaturated/α-hetero) is 1. The highest BCUT2D eigenvalue weighted by Crippen LogP contribution is 2.44. The Morgan fingerprint density at radius 3 is 2.41 bits per heavy atom. The summed E-state index contributed by atoms with van der Waals surface area (Å²) in [5.74, 6) is -1.53. The molecule has 0 fully saturated rings. The molecule has 0 aliphatic carbocycles. The van der Waals surface area contributed by atoms with Crippen LogP contribution in [0.15, 0.2) is 30.0 Å². The van der Waals surface area contributed by atoms with Crippen molar-refractivity contribution >= 4 is 46.7 Å². The third-order valence-electron chi connectivity index (χ3n) is 3.15. The summed E-state index contributed by atoms with van der Waals surface area (Å²) in [6.45, 7) is 0. The fourth-order valence-electron chi connectivity index (χ4n) is 2.03. The average Bonchev–Trinajstić information content (AvgIpc) is 2.81. The lowest BCUT2D eigenvalue weighted by molar-refractivity contribution is 0.101. The number of phenols is 2. The zero-order chi connectivity index (χ0) is 16.0. The van der Waals surface area contributed by atoms with E-state index in [0.717, 1.165) is 0 Å². The van der Waals surface area contributed by atoms with Gasteiger partial charge in [0.15, 0.2) is 17.3 Å². The minimum Gasteiger partial charge on any atom is -0.504 e. The van der Waals surface area contributed by atoms with Crippen LogP contribution in [0.5, 0.6) is 17.2 Å². The van der Waals surface area contributed by atoms with E-state index in [1.807, 2.05) is 0 Å². The molecule has 112 valence electrons. The molecule has 0 amide bonds. The Hall–Kier alpha value is -1.88. The molecule has 1 aliphatic rings. The first kappa shape index (κ1) is 15.0. The molecule has 2 aromatic rings. The molecular formula is C15H7Cl3O4. The van der Waals surface area contributed by atoms with Gasteiger partial charge in [0.2, 0.25) is 11.5 Å². The van der Waals surface area contributed by atoms with Gasteiger partial charge in [-0.05, 0) is 30.3 Å². The van der Waals surface area contributed by atoms with Crippen molar-refractivity contribution in [3.05, 3.63) is 56.2 Å². The van der Waals surface area contributed by atoms with Gasteiger partial charge in [0, 0.05) is 10.6 Å². The maximum atomic E-state index is 12.3. The quantitative estimate of drug-likeness (QED) is 0.442. The summed E-state index contributed by atoms with van der Waals surface area (Å²) in [6, 6.07) is 5.63. The number of halogens is 3. The van der Waals surface area contributed by atoms with E-state index in [1.54, 1.807) is 0 Å². The van der Waals surface area contributed by atoms with Gasteiger partial charge in [-0.1, -0.05) is 34.8 Å². The molecule has 0 bridgehead atoms. The molecular weight excluding hydrogens is 351 g/mol. The molecule has 0 unspecified atom stereocenters. The predicted molar refractivity (Wildman–Crippen MR) is 84.2 cm³/mol. The van der Waals surface area contributed by atoms with Crippen molar-refractivity contribution < 1.29 is 19.7 Å². The summed E-state index contributed by atoms with van der Waals surface area (Å²) in [5, 5.41) is 19.9. The Morgan fingerprint density at radius 1 is 1.00 bits per heavy atom. The maximum Gasteiger partial charge on any atom is 0.232 e. The molecule has 3 rings (SSSR count). The van der Waals surface area contributed by atoms with Crippen LogP contribution in [0, 0.1) is 0 Å². The van der Waals surface area contributed by atoms with Crippen LogP contribution in [0.1, 0.15) is 15.9 Å².